The number of benzene rings is 1. The first-order chi connectivity index (χ1) is 8.08. The minimum Gasteiger partial charge on any atom is -0.478 e. The first-order valence-electron chi connectivity index (χ1n) is 5.43. The first-order valence-corrected chi connectivity index (χ1v) is 5.43. The molecule has 5 heteroatoms. The molecule has 0 aliphatic carbocycles. The van der Waals surface area contributed by atoms with E-state index in [1.807, 2.05) is 20.2 Å². The van der Waals surface area contributed by atoms with Crippen LogP contribution in [0, 0.1) is 0 Å². The molecule has 0 saturated carbocycles. The highest BCUT2D eigenvalue weighted by atomic mass is 16.4. The molecule has 2 rings (SSSR count). The second-order valence-corrected chi connectivity index (χ2v) is 4.24. The molecule has 0 unspecified atom stereocenters. The third-order valence-corrected chi connectivity index (χ3v) is 2.59. The average molecular weight is 233 g/mol. The minimum atomic E-state index is -0.943. The predicted octanol–water partition coefficient (Wildman–Crippen LogP) is 1.37. The Morgan fingerprint density at radius 3 is 2.88 bits per heavy atom. The molecule has 0 bridgehead atoms. The van der Waals surface area contributed by atoms with Crippen LogP contribution < -0.4 is 0 Å². The van der Waals surface area contributed by atoms with E-state index < -0.39 is 5.97 Å². The zero-order valence-corrected chi connectivity index (χ0v) is 9.90. The molecule has 17 heavy (non-hydrogen) atoms. The van der Waals surface area contributed by atoms with Crippen molar-refractivity contribution in [2.75, 3.05) is 20.6 Å². The number of hydrogen-bond acceptors (Lipinski definition) is 3. The van der Waals surface area contributed by atoms with Gasteiger partial charge in [-0.3, -0.25) is 0 Å². The molecule has 5 nitrogen and oxygen atoms in total. The van der Waals surface area contributed by atoms with Crippen molar-refractivity contribution in [3.63, 3.8) is 0 Å². The number of carboxylic acid groups (broad SMARTS) is 1. The van der Waals surface area contributed by atoms with Gasteiger partial charge in [-0.15, -0.1) is 0 Å². The maximum Gasteiger partial charge on any atom is 0.337 e. The van der Waals surface area contributed by atoms with Crippen molar-refractivity contribution in [2.24, 2.45) is 0 Å². The Kier molecular flexibility index (Phi) is 3.10. The van der Waals surface area contributed by atoms with Crippen molar-refractivity contribution in [1.82, 2.24) is 14.9 Å². The van der Waals surface area contributed by atoms with Gasteiger partial charge >= 0.3 is 5.97 Å². The van der Waals surface area contributed by atoms with E-state index in [1.54, 1.807) is 12.1 Å². The van der Waals surface area contributed by atoms with Gasteiger partial charge in [-0.05, 0) is 26.2 Å². The molecular weight excluding hydrogens is 218 g/mol. The summed E-state index contributed by atoms with van der Waals surface area (Å²) in [4.78, 5) is 20.6. The van der Waals surface area contributed by atoms with Gasteiger partial charge in [0.05, 0.1) is 11.1 Å². The number of imidazole rings is 1. The first kappa shape index (κ1) is 11.6. The number of carbonyl (C=O) groups is 1. The number of fused-ring (bicyclic) bond motifs is 1. The Morgan fingerprint density at radius 1 is 1.47 bits per heavy atom. The zero-order chi connectivity index (χ0) is 12.4. The van der Waals surface area contributed by atoms with Crippen LogP contribution in [-0.4, -0.2) is 46.6 Å². The lowest BCUT2D eigenvalue weighted by atomic mass is 10.2. The van der Waals surface area contributed by atoms with E-state index in [4.69, 9.17) is 5.11 Å². The average Bonchev–Trinajstić information content (AvgIpc) is 2.68. The molecule has 1 aromatic carbocycles. The van der Waals surface area contributed by atoms with Gasteiger partial charge in [-0.1, -0.05) is 6.07 Å². The number of nitrogens with zero attached hydrogens (tertiary/aromatic N) is 2. The van der Waals surface area contributed by atoms with Crippen molar-refractivity contribution in [2.45, 2.75) is 6.42 Å². The molecule has 0 fully saturated rings. The number of aromatic nitrogens is 2. The molecule has 0 saturated heterocycles. The van der Waals surface area contributed by atoms with E-state index in [0.29, 0.717) is 5.52 Å². The molecule has 0 aliphatic heterocycles. The molecule has 1 aromatic heterocycles. The summed E-state index contributed by atoms with van der Waals surface area (Å²) in [5.41, 5.74) is 1.56. The van der Waals surface area contributed by atoms with E-state index >= 15 is 0 Å². The van der Waals surface area contributed by atoms with Gasteiger partial charge in [-0.2, -0.15) is 0 Å². The molecule has 0 radical (unpaired) electrons. The third-order valence-electron chi connectivity index (χ3n) is 2.59. The Hall–Kier alpha value is -1.88. The van der Waals surface area contributed by atoms with Crippen LogP contribution in [0.5, 0.6) is 0 Å². The van der Waals surface area contributed by atoms with E-state index in [2.05, 4.69) is 14.9 Å². The van der Waals surface area contributed by atoms with Gasteiger partial charge in [0.2, 0.25) is 0 Å². The second kappa shape index (κ2) is 4.55. The monoisotopic (exact) mass is 233 g/mol. The minimum absolute atomic E-state index is 0.245. The SMILES string of the molecule is CN(C)CCc1nc2c(C(=O)O)cccc2[nH]1. The van der Waals surface area contributed by atoms with Crippen LogP contribution in [0.1, 0.15) is 16.2 Å². The molecule has 1 heterocycles. The number of aromatic amines is 1. The molecule has 0 aliphatic rings. The molecule has 0 spiro atoms. The standard InChI is InChI=1S/C12H15N3O2/c1-15(2)7-6-10-13-9-5-3-4-8(12(16)17)11(9)14-10/h3-5H,6-7H2,1-2H3,(H,13,14)(H,16,17). The molecule has 2 aromatic rings. The molecule has 0 amide bonds. The summed E-state index contributed by atoms with van der Waals surface area (Å²) in [5.74, 6) is -0.122. The Bertz CT molecular complexity index is 546. The maximum atomic E-state index is 11.0. The zero-order valence-electron chi connectivity index (χ0n) is 9.90. The van der Waals surface area contributed by atoms with Crippen molar-refractivity contribution < 1.29 is 9.90 Å². The van der Waals surface area contributed by atoms with Crippen LogP contribution in [-0.2, 0) is 6.42 Å². The van der Waals surface area contributed by atoms with Gasteiger partial charge < -0.3 is 15.0 Å². The van der Waals surface area contributed by atoms with E-state index in [1.165, 1.54) is 0 Å². The van der Waals surface area contributed by atoms with Gasteiger partial charge in [-0.25, -0.2) is 9.78 Å². The van der Waals surface area contributed by atoms with Crippen LogP contribution in [0.3, 0.4) is 0 Å². The van der Waals surface area contributed by atoms with E-state index in [-0.39, 0.29) is 5.56 Å². The number of carboxylic acids is 1. The third kappa shape index (κ3) is 2.45. The van der Waals surface area contributed by atoms with Crippen molar-refractivity contribution in [3.8, 4) is 0 Å². The highest BCUT2D eigenvalue weighted by molar-refractivity contribution is 6.00. The molecule has 2 N–H and O–H groups in total. The molecular formula is C12H15N3O2. The lowest BCUT2D eigenvalue weighted by Crippen LogP contribution is -2.15. The summed E-state index contributed by atoms with van der Waals surface area (Å²) >= 11 is 0. The van der Waals surface area contributed by atoms with Crippen LogP contribution in [0.2, 0.25) is 0 Å². The van der Waals surface area contributed by atoms with E-state index in [0.717, 1.165) is 24.3 Å². The van der Waals surface area contributed by atoms with Crippen molar-refractivity contribution in [1.29, 1.82) is 0 Å². The predicted molar refractivity (Wildman–Crippen MR) is 65.3 cm³/mol. The van der Waals surface area contributed by atoms with Crippen molar-refractivity contribution in [3.05, 3.63) is 29.6 Å². The normalized spacial score (nSPS) is 11.2. The molecule has 0 atom stereocenters. The number of nitrogens with one attached hydrogen (secondary N) is 1. The number of H-pyrrole nitrogens is 1. The Morgan fingerprint density at radius 2 is 2.24 bits per heavy atom. The summed E-state index contributed by atoms with van der Waals surface area (Å²) in [6.07, 6.45) is 0.779. The lowest BCUT2D eigenvalue weighted by Gasteiger charge is -2.06. The van der Waals surface area contributed by atoms with Crippen molar-refractivity contribution >= 4 is 17.0 Å². The number of likely N-dealkylation sites (N-methyl/N-ethyl adjacent to an activating group) is 1. The largest absolute Gasteiger partial charge is 0.478 e. The highest BCUT2D eigenvalue weighted by Crippen LogP contribution is 2.16. The van der Waals surface area contributed by atoms with Crippen LogP contribution >= 0.6 is 0 Å². The van der Waals surface area contributed by atoms with Gasteiger partial charge in [0.1, 0.15) is 11.3 Å². The fourth-order valence-corrected chi connectivity index (χ4v) is 1.70. The Balaban J connectivity index is 2.36. The van der Waals surface area contributed by atoms with E-state index in [9.17, 15) is 4.79 Å². The van der Waals surface area contributed by atoms with Crippen LogP contribution in [0.4, 0.5) is 0 Å². The Labute approximate surface area is 99.1 Å². The number of hydrogen-bond donors (Lipinski definition) is 2. The van der Waals surface area contributed by atoms with Gasteiger partial charge in [0, 0.05) is 13.0 Å². The molecule has 90 valence electrons. The van der Waals surface area contributed by atoms with Crippen LogP contribution in [0.25, 0.3) is 11.0 Å². The van der Waals surface area contributed by atoms with Gasteiger partial charge in [0.15, 0.2) is 0 Å². The van der Waals surface area contributed by atoms with Crippen LogP contribution in [0.15, 0.2) is 18.2 Å². The number of aromatic carboxylic acids is 1. The second-order valence-electron chi connectivity index (χ2n) is 4.24. The summed E-state index contributed by atoms with van der Waals surface area (Å²) in [5, 5.41) is 9.05. The smallest absolute Gasteiger partial charge is 0.337 e. The topological polar surface area (TPSA) is 69.2 Å². The summed E-state index contributed by atoms with van der Waals surface area (Å²) in [6.45, 7) is 0.877. The fourth-order valence-electron chi connectivity index (χ4n) is 1.70. The summed E-state index contributed by atoms with van der Waals surface area (Å²) in [6, 6.07) is 5.13. The maximum absolute atomic E-state index is 11.0. The quantitative estimate of drug-likeness (QED) is 0.836. The van der Waals surface area contributed by atoms with Gasteiger partial charge in [0.25, 0.3) is 0 Å². The number of para-hydroxylation sites is 1. The summed E-state index contributed by atoms with van der Waals surface area (Å²) < 4.78 is 0. The lowest BCUT2D eigenvalue weighted by molar-refractivity contribution is 0.0699. The summed E-state index contributed by atoms with van der Waals surface area (Å²) in [7, 11) is 3.98. The number of rotatable bonds is 4. The fraction of sp³-hybridized carbons (Fsp3) is 0.333. The highest BCUT2D eigenvalue weighted by Gasteiger charge is 2.12.